The summed E-state index contributed by atoms with van der Waals surface area (Å²) in [6.45, 7) is 15.2. The number of rotatable bonds is 6. The average molecular weight is 176 g/mol. The second-order valence-corrected chi connectivity index (χ2v) is 3.88. The number of hydrogen-bond donors (Lipinski definition) is 0. The molecule has 0 saturated heterocycles. The highest BCUT2D eigenvalue weighted by molar-refractivity contribution is 6.56. The van der Waals surface area contributed by atoms with Gasteiger partial charge in [-0.2, -0.15) is 0 Å². The zero-order chi connectivity index (χ0) is 10.3. The van der Waals surface area contributed by atoms with Crippen molar-refractivity contribution in [2.24, 2.45) is 0 Å². The van der Waals surface area contributed by atoms with Gasteiger partial charge in [-0.1, -0.05) is 63.4 Å². The van der Waals surface area contributed by atoms with Crippen LogP contribution in [0.2, 0.25) is 20.0 Å². The third-order valence-electron chi connectivity index (χ3n) is 1.95. The fraction of sp³-hybridized carbons (Fsp3) is 0.500. The van der Waals surface area contributed by atoms with Crippen molar-refractivity contribution in [3.63, 3.8) is 0 Å². The van der Waals surface area contributed by atoms with Crippen molar-refractivity contribution in [1.82, 2.24) is 0 Å². The Bertz CT molecular complexity index is 199. The van der Waals surface area contributed by atoms with Gasteiger partial charge in [0, 0.05) is 0 Å². The van der Waals surface area contributed by atoms with Gasteiger partial charge in [-0.15, -0.1) is 0 Å². The van der Waals surface area contributed by atoms with Crippen LogP contribution in [0, 0.1) is 0 Å². The van der Waals surface area contributed by atoms with Gasteiger partial charge in [0.1, 0.15) is 6.71 Å². The maximum Gasteiger partial charge on any atom is 0.138 e. The summed E-state index contributed by atoms with van der Waals surface area (Å²) in [7, 11) is 0. The van der Waals surface area contributed by atoms with Crippen molar-refractivity contribution >= 4 is 6.71 Å². The van der Waals surface area contributed by atoms with Gasteiger partial charge in [-0.3, -0.25) is 0 Å². The lowest BCUT2D eigenvalue weighted by molar-refractivity contribution is 0.914. The summed E-state index contributed by atoms with van der Waals surface area (Å²) in [4.78, 5) is 0. The fourth-order valence-electron chi connectivity index (χ4n) is 1.37. The molecule has 0 aliphatic carbocycles. The highest BCUT2D eigenvalue weighted by Crippen LogP contribution is 2.19. The predicted octanol–water partition coefficient (Wildman–Crippen LogP) is 4.21. The summed E-state index contributed by atoms with van der Waals surface area (Å²) < 4.78 is 0. The van der Waals surface area contributed by atoms with Gasteiger partial charge in [0.15, 0.2) is 0 Å². The minimum Gasteiger partial charge on any atom is -0.0991 e. The average Bonchev–Trinajstić information content (AvgIpc) is 2.03. The van der Waals surface area contributed by atoms with Gasteiger partial charge >= 0.3 is 0 Å². The molecule has 0 bridgehead atoms. The smallest absolute Gasteiger partial charge is 0.0991 e. The van der Waals surface area contributed by atoms with Crippen molar-refractivity contribution in [3.05, 3.63) is 36.5 Å². The van der Waals surface area contributed by atoms with Crippen LogP contribution in [0.4, 0.5) is 0 Å². The first-order valence-corrected chi connectivity index (χ1v) is 5.11. The van der Waals surface area contributed by atoms with E-state index < -0.39 is 0 Å². The topological polar surface area (TPSA) is 0 Å². The van der Waals surface area contributed by atoms with Crippen molar-refractivity contribution in [2.45, 2.75) is 39.7 Å². The lowest BCUT2D eigenvalue weighted by Crippen LogP contribution is -2.02. The Kier molecular flexibility index (Phi) is 6.39. The molecule has 0 unspecified atom stereocenters. The molecule has 0 atom stereocenters. The van der Waals surface area contributed by atoms with Gasteiger partial charge in [0.25, 0.3) is 0 Å². The van der Waals surface area contributed by atoms with Crippen LogP contribution in [0.15, 0.2) is 36.5 Å². The summed E-state index contributed by atoms with van der Waals surface area (Å²) in [5.41, 5.74) is 2.64. The van der Waals surface area contributed by atoms with E-state index in [4.69, 9.17) is 0 Å². The van der Waals surface area contributed by atoms with Crippen LogP contribution in [0.3, 0.4) is 0 Å². The molecule has 0 N–H and O–H groups in total. The van der Waals surface area contributed by atoms with E-state index in [1.165, 1.54) is 17.6 Å². The molecular formula is C12H21B. The number of allylic oxidation sites excluding steroid dienone is 4. The Morgan fingerprint density at radius 1 is 1.38 bits per heavy atom. The third-order valence-corrected chi connectivity index (χ3v) is 1.95. The summed E-state index contributed by atoms with van der Waals surface area (Å²) in [6, 6.07) is 0. The van der Waals surface area contributed by atoms with E-state index in [1.807, 2.05) is 6.08 Å². The van der Waals surface area contributed by atoms with Crippen molar-refractivity contribution in [1.29, 1.82) is 0 Å². The van der Waals surface area contributed by atoms with Gasteiger partial charge in [0.2, 0.25) is 0 Å². The predicted molar refractivity (Wildman–Crippen MR) is 64.6 cm³/mol. The van der Waals surface area contributed by atoms with Crippen molar-refractivity contribution in [2.75, 3.05) is 0 Å². The molecular weight excluding hydrogens is 155 g/mol. The maximum absolute atomic E-state index is 4.10. The third kappa shape index (κ3) is 5.51. The minimum atomic E-state index is 0.694. The van der Waals surface area contributed by atoms with Crippen LogP contribution in [-0.2, 0) is 0 Å². The first-order valence-electron chi connectivity index (χ1n) is 5.11. The Morgan fingerprint density at radius 3 is 2.38 bits per heavy atom. The highest BCUT2D eigenvalue weighted by Gasteiger charge is 2.05. The van der Waals surface area contributed by atoms with Gasteiger partial charge in [-0.25, -0.2) is 0 Å². The zero-order valence-corrected chi connectivity index (χ0v) is 9.27. The Balaban J connectivity index is 4.33. The van der Waals surface area contributed by atoms with Gasteiger partial charge < -0.3 is 0 Å². The molecule has 0 amide bonds. The normalized spacial score (nSPS) is 11.2. The molecule has 0 aromatic heterocycles. The van der Waals surface area contributed by atoms with Crippen molar-refractivity contribution in [3.8, 4) is 0 Å². The Labute approximate surface area is 83.5 Å². The van der Waals surface area contributed by atoms with E-state index in [-0.39, 0.29) is 0 Å². The first kappa shape index (κ1) is 12.3. The molecule has 0 rings (SSSR count). The summed E-state index contributed by atoms with van der Waals surface area (Å²) in [5.74, 6) is 0. The Morgan fingerprint density at radius 2 is 2.00 bits per heavy atom. The molecule has 0 heterocycles. The maximum atomic E-state index is 4.10. The molecule has 0 spiro atoms. The molecule has 0 aliphatic rings. The van der Waals surface area contributed by atoms with E-state index in [2.05, 4.69) is 39.8 Å². The summed E-state index contributed by atoms with van der Waals surface area (Å²) >= 11 is 0. The molecule has 0 aliphatic heterocycles. The van der Waals surface area contributed by atoms with E-state index in [0.29, 0.717) is 6.71 Å². The largest absolute Gasteiger partial charge is 0.138 e. The summed E-state index contributed by atoms with van der Waals surface area (Å²) in [6.07, 6.45) is 7.35. The molecule has 0 fully saturated rings. The van der Waals surface area contributed by atoms with Crippen LogP contribution in [-0.4, -0.2) is 6.71 Å². The van der Waals surface area contributed by atoms with Crippen LogP contribution >= 0.6 is 0 Å². The second-order valence-electron chi connectivity index (χ2n) is 3.88. The van der Waals surface area contributed by atoms with Gasteiger partial charge in [0.05, 0.1) is 0 Å². The lowest BCUT2D eigenvalue weighted by Gasteiger charge is -2.10. The lowest BCUT2D eigenvalue weighted by atomic mass is 9.50. The molecule has 0 saturated carbocycles. The SMILES string of the molecule is C=C/C=C(/CB(C)C)C(=C)CCC. The van der Waals surface area contributed by atoms with E-state index >= 15 is 0 Å². The Hall–Kier alpha value is -0.715. The zero-order valence-electron chi connectivity index (χ0n) is 9.27. The molecule has 1 heteroatoms. The van der Waals surface area contributed by atoms with E-state index in [0.717, 1.165) is 12.7 Å². The molecule has 13 heavy (non-hydrogen) atoms. The van der Waals surface area contributed by atoms with Crippen LogP contribution < -0.4 is 0 Å². The molecule has 0 aromatic rings. The number of hydrogen-bond acceptors (Lipinski definition) is 0. The molecule has 0 aromatic carbocycles. The fourth-order valence-corrected chi connectivity index (χ4v) is 1.37. The monoisotopic (exact) mass is 176 g/mol. The summed E-state index contributed by atoms with van der Waals surface area (Å²) in [5, 5.41) is 0. The highest BCUT2D eigenvalue weighted by atomic mass is 14.0. The first-order chi connectivity index (χ1) is 6.11. The van der Waals surface area contributed by atoms with Crippen LogP contribution in [0.1, 0.15) is 19.8 Å². The van der Waals surface area contributed by atoms with Crippen LogP contribution in [0.5, 0.6) is 0 Å². The molecule has 0 nitrogen and oxygen atoms in total. The van der Waals surface area contributed by atoms with E-state index in [1.54, 1.807) is 0 Å². The molecule has 72 valence electrons. The quantitative estimate of drug-likeness (QED) is 0.420. The van der Waals surface area contributed by atoms with E-state index in [9.17, 15) is 0 Å². The second kappa shape index (κ2) is 6.76. The molecule has 0 radical (unpaired) electrons. The van der Waals surface area contributed by atoms with Crippen LogP contribution in [0.25, 0.3) is 0 Å². The standard InChI is InChI=1S/C12H21B/c1-6-8-11(3)12(9-7-2)10-13(4)5/h7,9H,2-3,6,8,10H2,1,4-5H3/b12-9-. The van der Waals surface area contributed by atoms with Gasteiger partial charge in [-0.05, 0) is 12.7 Å². The van der Waals surface area contributed by atoms with Crippen molar-refractivity contribution < 1.29 is 0 Å². The minimum absolute atomic E-state index is 0.694.